The van der Waals surface area contributed by atoms with Crippen LogP contribution in [0.5, 0.6) is 0 Å². The van der Waals surface area contributed by atoms with Crippen LogP contribution in [0.3, 0.4) is 0 Å². The molecule has 24 heavy (non-hydrogen) atoms. The van der Waals surface area contributed by atoms with Crippen molar-refractivity contribution in [3.63, 3.8) is 0 Å². The summed E-state index contributed by atoms with van der Waals surface area (Å²) >= 11 is 12.1. The van der Waals surface area contributed by atoms with Gasteiger partial charge in [0, 0.05) is 18.3 Å². The predicted octanol–water partition coefficient (Wildman–Crippen LogP) is 5.28. The summed E-state index contributed by atoms with van der Waals surface area (Å²) in [4.78, 5) is 8.47. The van der Waals surface area contributed by atoms with E-state index in [1.54, 1.807) is 48.7 Å². The van der Waals surface area contributed by atoms with Gasteiger partial charge >= 0.3 is 0 Å². The summed E-state index contributed by atoms with van der Waals surface area (Å²) in [6.45, 7) is 0.320. The third kappa shape index (κ3) is 3.93. The van der Waals surface area contributed by atoms with Crippen LogP contribution in [0.1, 0.15) is 5.56 Å². The second-order valence-electron chi connectivity index (χ2n) is 4.94. The van der Waals surface area contributed by atoms with Crippen LogP contribution < -0.4 is 10.6 Å². The molecule has 7 heteroatoms. The normalized spacial score (nSPS) is 10.5. The zero-order valence-corrected chi connectivity index (χ0v) is 13.9. The van der Waals surface area contributed by atoms with E-state index in [0.29, 0.717) is 39.6 Å². The number of halogens is 3. The van der Waals surface area contributed by atoms with Crippen molar-refractivity contribution in [2.24, 2.45) is 0 Å². The molecule has 1 heterocycles. The molecule has 0 amide bonds. The lowest BCUT2D eigenvalue weighted by atomic mass is 10.2. The molecule has 0 aliphatic rings. The number of nitrogens with zero attached hydrogens (tertiary/aromatic N) is 2. The lowest BCUT2D eigenvalue weighted by molar-refractivity contribution is 0.613. The van der Waals surface area contributed by atoms with Crippen molar-refractivity contribution in [2.45, 2.75) is 6.54 Å². The maximum absolute atomic E-state index is 13.6. The summed E-state index contributed by atoms with van der Waals surface area (Å²) in [6, 6.07) is 13.5. The fraction of sp³-hybridized carbons (Fsp3) is 0.0588. The first-order chi connectivity index (χ1) is 11.6. The summed E-state index contributed by atoms with van der Waals surface area (Å²) < 4.78 is 13.6. The Balaban J connectivity index is 1.72. The minimum atomic E-state index is -0.261. The van der Waals surface area contributed by atoms with Crippen LogP contribution in [-0.2, 0) is 6.54 Å². The molecule has 0 bridgehead atoms. The second-order valence-corrected chi connectivity index (χ2v) is 5.72. The van der Waals surface area contributed by atoms with E-state index in [9.17, 15) is 4.39 Å². The highest BCUT2D eigenvalue weighted by Gasteiger charge is 2.07. The van der Waals surface area contributed by atoms with Crippen molar-refractivity contribution < 1.29 is 4.39 Å². The van der Waals surface area contributed by atoms with Gasteiger partial charge in [-0.1, -0.05) is 47.5 Å². The van der Waals surface area contributed by atoms with E-state index in [0.717, 1.165) is 0 Å². The topological polar surface area (TPSA) is 49.8 Å². The lowest BCUT2D eigenvalue weighted by Crippen LogP contribution is -2.05. The van der Waals surface area contributed by atoms with E-state index in [1.165, 1.54) is 6.07 Å². The van der Waals surface area contributed by atoms with Crippen molar-refractivity contribution in [1.82, 2.24) is 9.97 Å². The van der Waals surface area contributed by atoms with Crippen LogP contribution in [0.4, 0.5) is 21.8 Å². The number of aromatic nitrogens is 2. The first-order valence-electron chi connectivity index (χ1n) is 7.15. The van der Waals surface area contributed by atoms with Gasteiger partial charge in [0.1, 0.15) is 11.6 Å². The Morgan fingerprint density at radius 2 is 1.83 bits per heavy atom. The molecular formula is C17H13Cl2FN4. The molecule has 0 saturated heterocycles. The Bertz CT molecular complexity index is 857. The summed E-state index contributed by atoms with van der Waals surface area (Å²) in [5.74, 6) is 0.662. The lowest BCUT2D eigenvalue weighted by Gasteiger charge is -2.10. The average Bonchev–Trinajstić information content (AvgIpc) is 2.59. The zero-order valence-electron chi connectivity index (χ0n) is 12.4. The van der Waals surface area contributed by atoms with Crippen LogP contribution in [0.15, 0.2) is 54.7 Å². The van der Waals surface area contributed by atoms with Crippen molar-refractivity contribution in [1.29, 1.82) is 0 Å². The molecule has 3 aromatic rings. The Labute approximate surface area is 148 Å². The van der Waals surface area contributed by atoms with Crippen molar-refractivity contribution in [3.8, 4) is 0 Å². The molecular weight excluding hydrogens is 350 g/mol. The number of nitrogens with one attached hydrogen (secondary N) is 2. The first kappa shape index (κ1) is 16.5. The fourth-order valence-corrected chi connectivity index (χ4v) is 2.41. The average molecular weight is 363 g/mol. The molecule has 0 atom stereocenters. The van der Waals surface area contributed by atoms with Gasteiger partial charge < -0.3 is 10.6 Å². The Morgan fingerprint density at radius 3 is 2.67 bits per heavy atom. The predicted molar refractivity (Wildman–Crippen MR) is 95.5 cm³/mol. The summed E-state index contributed by atoms with van der Waals surface area (Å²) in [7, 11) is 0. The highest BCUT2D eigenvalue weighted by Crippen LogP contribution is 2.31. The van der Waals surface area contributed by atoms with Gasteiger partial charge in [-0.05, 0) is 24.3 Å². The number of hydrogen-bond donors (Lipinski definition) is 2. The van der Waals surface area contributed by atoms with Gasteiger partial charge in [-0.25, -0.2) is 9.37 Å². The number of benzene rings is 2. The van der Waals surface area contributed by atoms with Gasteiger partial charge in [0.15, 0.2) is 0 Å². The van der Waals surface area contributed by atoms with Gasteiger partial charge in [-0.15, -0.1) is 0 Å². The molecule has 0 unspecified atom stereocenters. The van der Waals surface area contributed by atoms with Crippen LogP contribution >= 0.6 is 23.2 Å². The molecule has 1 aromatic heterocycles. The fourth-order valence-electron chi connectivity index (χ4n) is 2.07. The number of rotatable bonds is 5. The number of hydrogen-bond acceptors (Lipinski definition) is 4. The van der Waals surface area contributed by atoms with Crippen molar-refractivity contribution in [3.05, 3.63) is 76.2 Å². The summed E-state index contributed by atoms with van der Waals surface area (Å²) in [5.41, 5.74) is 1.17. The zero-order chi connectivity index (χ0) is 16.9. The molecule has 4 nitrogen and oxygen atoms in total. The Hall–Kier alpha value is -2.37. The van der Waals surface area contributed by atoms with E-state index >= 15 is 0 Å². The highest BCUT2D eigenvalue weighted by molar-refractivity contribution is 6.43. The van der Waals surface area contributed by atoms with E-state index in [-0.39, 0.29) is 5.82 Å². The first-order valence-corrected chi connectivity index (χ1v) is 7.90. The molecule has 0 radical (unpaired) electrons. The van der Waals surface area contributed by atoms with Crippen LogP contribution in [-0.4, -0.2) is 9.97 Å². The molecule has 0 saturated carbocycles. The molecule has 2 N–H and O–H groups in total. The molecule has 0 aliphatic heterocycles. The van der Waals surface area contributed by atoms with E-state index < -0.39 is 0 Å². The number of anilines is 3. The van der Waals surface area contributed by atoms with Crippen molar-refractivity contribution in [2.75, 3.05) is 10.6 Å². The van der Waals surface area contributed by atoms with E-state index in [4.69, 9.17) is 23.2 Å². The van der Waals surface area contributed by atoms with Gasteiger partial charge in [0.25, 0.3) is 0 Å². The minimum Gasteiger partial charge on any atom is -0.366 e. The van der Waals surface area contributed by atoms with Gasteiger partial charge in [-0.2, -0.15) is 4.98 Å². The Kier molecular flexibility index (Phi) is 5.13. The van der Waals surface area contributed by atoms with Crippen molar-refractivity contribution >= 4 is 40.7 Å². The minimum absolute atomic E-state index is 0.261. The SMILES string of the molecule is Fc1ccccc1CNc1ccnc(Nc2cccc(Cl)c2Cl)n1. The van der Waals surface area contributed by atoms with E-state index in [1.807, 2.05) is 0 Å². The third-order valence-electron chi connectivity index (χ3n) is 3.27. The smallest absolute Gasteiger partial charge is 0.229 e. The van der Waals surface area contributed by atoms with Crippen LogP contribution in [0.25, 0.3) is 0 Å². The molecule has 2 aromatic carbocycles. The largest absolute Gasteiger partial charge is 0.366 e. The molecule has 0 spiro atoms. The quantitative estimate of drug-likeness (QED) is 0.648. The molecule has 0 aliphatic carbocycles. The van der Waals surface area contributed by atoms with Gasteiger partial charge in [0.05, 0.1) is 15.7 Å². The Morgan fingerprint density at radius 1 is 1.00 bits per heavy atom. The molecule has 3 rings (SSSR count). The molecule has 122 valence electrons. The summed E-state index contributed by atoms with van der Waals surface area (Å²) in [5, 5.41) is 6.91. The standard InChI is InChI=1S/C17H13Cl2FN4/c18-12-5-3-7-14(16(12)19)23-17-21-9-8-15(24-17)22-10-11-4-1-2-6-13(11)20/h1-9H,10H2,(H2,21,22,23,24). The molecule has 0 fully saturated rings. The maximum Gasteiger partial charge on any atom is 0.229 e. The van der Waals surface area contributed by atoms with Gasteiger partial charge in [-0.3, -0.25) is 0 Å². The summed E-state index contributed by atoms with van der Waals surface area (Å²) in [6.07, 6.45) is 1.59. The maximum atomic E-state index is 13.6. The van der Waals surface area contributed by atoms with Crippen LogP contribution in [0.2, 0.25) is 10.0 Å². The second kappa shape index (κ2) is 7.47. The van der Waals surface area contributed by atoms with E-state index in [2.05, 4.69) is 20.6 Å². The van der Waals surface area contributed by atoms with Gasteiger partial charge in [0.2, 0.25) is 5.95 Å². The highest BCUT2D eigenvalue weighted by atomic mass is 35.5. The third-order valence-corrected chi connectivity index (χ3v) is 4.09. The van der Waals surface area contributed by atoms with Crippen LogP contribution in [0, 0.1) is 5.82 Å². The monoisotopic (exact) mass is 362 g/mol.